The number of nitrogens with zero attached hydrogens (tertiary/aromatic N) is 2. The lowest BCUT2D eigenvalue weighted by Crippen LogP contribution is -2.23. The predicted molar refractivity (Wildman–Crippen MR) is 74.0 cm³/mol. The topological polar surface area (TPSA) is 63.8 Å². The van der Waals surface area contributed by atoms with Gasteiger partial charge in [-0.25, -0.2) is 9.97 Å². The summed E-state index contributed by atoms with van der Waals surface area (Å²) in [6, 6.07) is 0.315. The van der Waals surface area contributed by atoms with Crippen molar-refractivity contribution in [2.45, 2.75) is 19.9 Å². The summed E-state index contributed by atoms with van der Waals surface area (Å²) in [6.07, 6.45) is 3.22. The zero-order chi connectivity index (χ0) is 12.0. The van der Waals surface area contributed by atoms with E-state index in [0.29, 0.717) is 17.6 Å². The lowest BCUT2D eigenvalue weighted by molar-refractivity contribution is 0.896. The summed E-state index contributed by atoms with van der Waals surface area (Å²) in [4.78, 5) is 8.58. The second-order valence-corrected chi connectivity index (χ2v) is 5.08. The van der Waals surface area contributed by atoms with Gasteiger partial charge < -0.3 is 11.1 Å². The second-order valence-electron chi connectivity index (χ2n) is 3.32. The zero-order valence-electron chi connectivity index (χ0n) is 9.43. The Morgan fingerprint density at radius 1 is 1.56 bits per heavy atom. The van der Waals surface area contributed by atoms with E-state index in [1.807, 2.05) is 11.8 Å². The summed E-state index contributed by atoms with van der Waals surface area (Å²) in [6.45, 7) is 4.24. The van der Waals surface area contributed by atoms with Gasteiger partial charge >= 0.3 is 0 Å². The third-order valence-corrected chi connectivity index (χ3v) is 3.22. The average molecular weight is 256 g/mol. The number of nitrogens with one attached hydrogen (secondary N) is 1. The van der Waals surface area contributed by atoms with Crippen molar-refractivity contribution < 1.29 is 0 Å². The van der Waals surface area contributed by atoms with E-state index in [4.69, 9.17) is 18.0 Å². The van der Waals surface area contributed by atoms with Crippen molar-refractivity contribution in [3.05, 3.63) is 18.1 Å². The minimum Gasteiger partial charge on any atom is -0.388 e. The Kier molecular flexibility index (Phi) is 5.48. The van der Waals surface area contributed by atoms with Crippen molar-refractivity contribution >= 4 is 34.8 Å². The monoisotopic (exact) mass is 256 g/mol. The molecule has 1 heterocycles. The molecular formula is C10H16N4S2. The highest BCUT2D eigenvalue weighted by molar-refractivity contribution is 7.99. The van der Waals surface area contributed by atoms with Crippen molar-refractivity contribution in [2.75, 3.05) is 16.8 Å². The molecular weight excluding hydrogens is 240 g/mol. The maximum atomic E-state index is 5.57. The van der Waals surface area contributed by atoms with Gasteiger partial charge in [0.05, 0.1) is 0 Å². The molecule has 1 aromatic heterocycles. The molecule has 0 aliphatic rings. The van der Waals surface area contributed by atoms with E-state index in [9.17, 15) is 0 Å². The Morgan fingerprint density at radius 2 is 2.25 bits per heavy atom. The lowest BCUT2D eigenvalue weighted by Gasteiger charge is -2.15. The molecule has 1 unspecified atom stereocenters. The van der Waals surface area contributed by atoms with E-state index in [0.717, 1.165) is 11.5 Å². The molecule has 0 aliphatic carbocycles. The van der Waals surface area contributed by atoms with Gasteiger partial charge in [-0.15, -0.1) is 0 Å². The van der Waals surface area contributed by atoms with Crippen molar-refractivity contribution in [1.29, 1.82) is 0 Å². The van der Waals surface area contributed by atoms with E-state index in [-0.39, 0.29) is 4.99 Å². The van der Waals surface area contributed by atoms with E-state index >= 15 is 0 Å². The summed E-state index contributed by atoms with van der Waals surface area (Å²) in [5.74, 6) is 2.79. The summed E-state index contributed by atoms with van der Waals surface area (Å²) < 4.78 is 0. The summed E-state index contributed by atoms with van der Waals surface area (Å²) in [7, 11) is 0. The molecule has 1 rings (SSSR count). The van der Waals surface area contributed by atoms with Crippen LogP contribution in [0.1, 0.15) is 19.5 Å². The summed E-state index contributed by atoms with van der Waals surface area (Å²) >= 11 is 6.79. The Balaban J connectivity index is 2.69. The van der Waals surface area contributed by atoms with Gasteiger partial charge in [0.25, 0.3) is 0 Å². The standard InChI is InChI=1S/C10H16N4S2/c1-3-16-6-7(2)14-10-8(9(11)15)12-4-5-13-10/h4-5,7H,3,6H2,1-2H3,(H2,11,15)(H,13,14). The fraction of sp³-hybridized carbons (Fsp3) is 0.500. The van der Waals surface area contributed by atoms with Crippen molar-refractivity contribution in [2.24, 2.45) is 5.73 Å². The van der Waals surface area contributed by atoms with E-state index in [1.165, 1.54) is 0 Å². The normalized spacial score (nSPS) is 12.1. The molecule has 0 saturated heterocycles. The van der Waals surface area contributed by atoms with Gasteiger partial charge in [-0.1, -0.05) is 19.1 Å². The first-order valence-corrected chi connectivity index (χ1v) is 6.66. The van der Waals surface area contributed by atoms with Gasteiger partial charge in [-0.3, -0.25) is 0 Å². The van der Waals surface area contributed by atoms with Crippen LogP contribution in [0.5, 0.6) is 0 Å². The first-order valence-electron chi connectivity index (χ1n) is 5.10. The summed E-state index contributed by atoms with van der Waals surface area (Å²) in [5.41, 5.74) is 6.14. The number of rotatable bonds is 6. The molecule has 1 atom stereocenters. The van der Waals surface area contributed by atoms with Gasteiger partial charge in [-0.2, -0.15) is 11.8 Å². The summed E-state index contributed by atoms with van der Waals surface area (Å²) in [5, 5.41) is 3.26. The molecule has 0 bridgehead atoms. The van der Waals surface area contributed by atoms with Crippen molar-refractivity contribution in [1.82, 2.24) is 9.97 Å². The number of aromatic nitrogens is 2. The molecule has 1 aromatic rings. The number of thioether (sulfide) groups is 1. The highest BCUT2D eigenvalue weighted by atomic mass is 32.2. The SMILES string of the molecule is CCSCC(C)Nc1nccnc1C(N)=S. The molecule has 0 radical (unpaired) electrons. The molecule has 0 aliphatic heterocycles. The first kappa shape index (κ1) is 13.2. The minimum atomic E-state index is 0.269. The number of hydrogen-bond acceptors (Lipinski definition) is 5. The third kappa shape index (κ3) is 3.94. The van der Waals surface area contributed by atoms with Crippen LogP contribution in [0, 0.1) is 0 Å². The number of thiocarbonyl (C=S) groups is 1. The molecule has 88 valence electrons. The Bertz CT molecular complexity index is 356. The first-order chi connectivity index (χ1) is 7.65. The molecule has 3 N–H and O–H groups in total. The van der Waals surface area contributed by atoms with Crippen LogP contribution in [-0.2, 0) is 0 Å². The van der Waals surface area contributed by atoms with Gasteiger partial charge in [-0.05, 0) is 12.7 Å². The van der Waals surface area contributed by atoms with E-state index in [1.54, 1.807) is 12.4 Å². The van der Waals surface area contributed by atoms with Crippen LogP contribution in [0.25, 0.3) is 0 Å². The molecule has 0 spiro atoms. The van der Waals surface area contributed by atoms with Gasteiger partial charge in [0.15, 0.2) is 5.82 Å². The van der Waals surface area contributed by atoms with E-state index in [2.05, 4.69) is 29.1 Å². The average Bonchev–Trinajstić information content (AvgIpc) is 2.27. The molecule has 0 fully saturated rings. The van der Waals surface area contributed by atoms with Crippen LogP contribution >= 0.6 is 24.0 Å². The van der Waals surface area contributed by atoms with Gasteiger partial charge in [0, 0.05) is 24.2 Å². The molecule has 0 saturated carbocycles. The molecule has 16 heavy (non-hydrogen) atoms. The molecule has 4 nitrogen and oxygen atoms in total. The quantitative estimate of drug-likeness (QED) is 0.755. The second kappa shape index (κ2) is 6.65. The largest absolute Gasteiger partial charge is 0.388 e. The molecule has 6 heteroatoms. The predicted octanol–water partition coefficient (Wildman–Crippen LogP) is 1.66. The van der Waals surface area contributed by atoms with E-state index < -0.39 is 0 Å². The van der Waals surface area contributed by atoms with Crippen LogP contribution in [0.2, 0.25) is 0 Å². The Labute approximate surface area is 105 Å². The van der Waals surface area contributed by atoms with Gasteiger partial charge in [0.1, 0.15) is 10.7 Å². The van der Waals surface area contributed by atoms with Crippen LogP contribution in [0.15, 0.2) is 12.4 Å². The highest BCUT2D eigenvalue weighted by Crippen LogP contribution is 2.11. The van der Waals surface area contributed by atoms with Gasteiger partial charge in [0.2, 0.25) is 0 Å². The van der Waals surface area contributed by atoms with Crippen LogP contribution in [0.3, 0.4) is 0 Å². The number of nitrogens with two attached hydrogens (primary N) is 1. The fourth-order valence-corrected chi connectivity index (χ4v) is 2.02. The van der Waals surface area contributed by atoms with Crippen LogP contribution < -0.4 is 11.1 Å². The molecule has 0 amide bonds. The fourth-order valence-electron chi connectivity index (χ4n) is 1.19. The maximum Gasteiger partial charge on any atom is 0.155 e. The maximum absolute atomic E-state index is 5.57. The number of hydrogen-bond donors (Lipinski definition) is 2. The van der Waals surface area contributed by atoms with Crippen molar-refractivity contribution in [3.63, 3.8) is 0 Å². The third-order valence-electron chi connectivity index (χ3n) is 1.89. The lowest BCUT2D eigenvalue weighted by atomic mass is 10.3. The Hall–Kier alpha value is -0.880. The highest BCUT2D eigenvalue weighted by Gasteiger charge is 2.10. The molecule has 0 aromatic carbocycles. The zero-order valence-corrected chi connectivity index (χ0v) is 11.1. The Morgan fingerprint density at radius 3 is 2.88 bits per heavy atom. The van der Waals surface area contributed by atoms with Crippen LogP contribution in [-0.4, -0.2) is 32.5 Å². The van der Waals surface area contributed by atoms with Crippen molar-refractivity contribution in [3.8, 4) is 0 Å². The van der Waals surface area contributed by atoms with Crippen LogP contribution in [0.4, 0.5) is 5.82 Å². The minimum absolute atomic E-state index is 0.269. The number of anilines is 1. The smallest absolute Gasteiger partial charge is 0.155 e.